The molecule has 1 atom stereocenters. The topological polar surface area (TPSA) is 116 Å². The smallest absolute Gasteiger partial charge is 0.276 e. The zero-order valence-corrected chi connectivity index (χ0v) is 20.9. The Morgan fingerprint density at radius 2 is 1.95 bits per heavy atom. The highest BCUT2D eigenvalue weighted by Crippen LogP contribution is 2.34. The SMILES string of the molecule is C=CCOc1cccc(C(C(=O)N2CCC(O)(c3ccccc3)CC2)n2cnc3[nH][nH]c(=O)c3c2=S)c1. The normalized spacial score (nSPS) is 15.9. The number of hydrogen-bond acceptors (Lipinski definition) is 6. The predicted molar refractivity (Wildman–Crippen MR) is 142 cm³/mol. The second kappa shape index (κ2) is 10.2. The summed E-state index contributed by atoms with van der Waals surface area (Å²) in [7, 11) is 0. The molecule has 1 saturated heterocycles. The first-order chi connectivity index (χ1) is 17.9. The fraction of sp³-hybridized carbons (Fsp3) is 0.259. The van der Waals surface area contributed by atoms with Crippen molar-refractivity contribution in [1.82, 2.24) is 24.6 Å². The third-order valence-electron chi connectivity index (χ3n) is 6.79. The lowest BCUT2D eigenvalue weighted by Crippen LogP contribution is -2.47. The summed E-state index contributed by atoms with van der Waals surface area (Å²) >= 11 is 5.66. The highest BCUT2D eigenvalue weighted by molar-refractivity contribution is 7.71. The van der Waals surface area contributed by atoms with Crippen LogP contribution in [-0.2, 0) is 10.4 Å². The Morgan fingerprint density at radius 3 is 2.68 bits per heavy atom. The molecule has 0 bridgehead atoms. The van der Waals surface area contributed by atoms with Gasteiger partial charge < -0.3 is 19.3 Å². The quantitative estimate of drug-likeness (QED) is 0.255. The lowest BCUT2D eigenvalue weighted by Gasteiger charge is -2.40. The molecule has 0 spiro atoms. The Labute approximate surface area is 218 Å². The van der Waals surface area contributed by atoms with Gasteiger partial charge in [-0.1, -0.05) is 67.3 Å². The van der Waals surface area contributed by atoms with E-state index in [0.717, 1.165) is 5.56 Å². The minimum absolute atomic E-state index is 0.195. The maximum Gasteiger partial charge on any atom is 0.276 e. The van der Waals surface area contributed by atoms with Crippen molar-refractivity contribution < 1.29 is 14.6 Å². The predicted octanol–water partition coefficient (Wildman–Crippen LogP) is 3.45. The third-order valence-corrected chi connectivity index (χ3v) is 7.20. The number of nitrogens with zero attached hydrogens (tertiary/aromatic N) is 3. The highest BCUT2D eigenvalue weighted by Gasteiger charge is 2.38. The summed E-state index contributed by atoms with van der Waals surface area (Å²) in [6.45, 7) is 4.72. The van der Waals surface area contributed by atoms with Crippen LogP contribution in [0.15, 0.2) is 78.4 Å². The van der Waals surface area contributed by atoms with E-state index < -0.39 is 17.2 Å². The number of carbonyl (C=O) groups is 1. The molecule has 3 N–H and O–H groups in total. The van der Waals surface area contributed by atoms with Gasteiger partial charge in [-0.3, -0.25) is 19.8 Å². The Kier molecular flexibility index (Phi) is 6.77. The Bertz CT molecular complexity index is 1550. The molecular weight excluding hydrogens is 490 g/mol. The maximum absolute atomic E-state index is 14.1. The van der Waals surface area contributed by atoms with Crippen molar-refractivity contribution in [1.29, 1.82) is 0 Å². The maximum atomic E-state index is 14.1. The zero-order valence-electron chi connectivity index (χ0n) is 20.1. The number of likely N-dealkylation sites (tertiary alicyclic amines) is 1. The van der Waals surface area contributed by atoms with Crippen LogP contribution in [0.4, 0.5) is 0 Å². The molecule has 0 aliphatic carbocycles. The molecule has 1 unspecified atom stereocenters. The molecule has 0 radical (unpaired) electrons. The van der Waals surface area contributed by atoms with Crippen molar-refractivity contribution in [2.75, 3.05) is 19.7 Å². The average Bonchev–Trinajstić information content (AvgIpc) is 3.31. The van der Waals surface area contributed by atoms with Gasteiger partial charge in [0.2, 0.25) is 5.91 Å². The molecule has 3 heterocycles. The molecule has 0 saturated carbocycles. The van der Waals surface area contributed by atoms with Gasteiger partial charge in [0, 0.05) is 13.1 Å². The molecule has 4 aromatic rings. The molecule has 2 aromatic carbocycles. The minimum Gasteiger partial charge on any atom is -0.490 e. The van der Waals surface area contributed by atoms with E-state index in [1.807, 2.05) is 36.4 Å². The first-order valence-corrected chi connectivity index (χ1v) is 12.4. The number of nitrogens with one attached hydrogen (secondary N) is 2. The second-order valence-electron chi connectivity index (χ2n) is 9.06. The van der Waals surface area contributed by atoms with Gasteiger partial charge in [-0.15, -0.1) is 0 Å². The fourth-order valence-electron chi connectivity index (χ4n) is 4.79. The number of aromatic amines is 2. The van der Waals surface area contributed by atoms with Crippen molar-refractivity contribution >= 4 is 29.2 Å². The van der Waals surface area contributed by atoms with E-state index >= 15 is 0 Å². The summed E-state index contributed by atoms with van der Waals surface area (Å²) in [5.41, 5.74) is 0.406. The summed E-state index contributed by atoms with van der Waals surface area (Å²) in [6, 6.07) is 15.8. The number of rotatable bonds is 7. The van der Waals surface area contributed by atoms with E-state index in [0.29, 0.717) is 49.5 Å². The van der Waals surface area contributed by atoms with Crippen LogP contribution in [0, 0.1) is 4.64 Å². The van der Waals surface area contributed by atoms with Gasteiger partial charge in [-0.2, -0.15) is 0 Å². The van der Waals surface area contributed by atoms with E-state index in [1.165, 1.54) is 6.33 Å². The largest absolute Gasteiger partial charge is 0.490 e. The number of aliphatic hydroxyl groups is 1. The van der Waals surface area contributed by atoms with Crippen LogP contribution in [-0.4, -0.2) is 55.4 Å². The second-order valence-corrected chi connectivity index (χ2v) is 9.44. The average molecular weight is 518 g/mol. The Hall–Kier alpha value is -4.02. The lowest BCUT2D eigenvalue weighted by molar-refractivity contribution is -0.138. The van der Waals surface area contributed by atoms with Crippen LogP contribution in [0.1, 0.15) is 30.0 Å². The minimum atomic E-state index is -0.999. The van der Waals surface area contributed by atoms with E-state index in [4.69, 9.17) is 17.0 Å². The molecule has 1 aliphatic heterocycles. The molecular formula is C27H27N5O4S. The van der Waals surface area contributed by atoms with Gasteiger partial charge >= 0.3 is 0 Å². The number of H-pyrrole nitrogens is 2. The van der Waals surface area contributed by atoms with Gasteiger partial charge in [0.05, 0.1) is 11.9 Å². The molecule has 5 rings (SSSR count). The van der Waals surface area contributed by atoms with Gasteiger partial charge in [0.1, 0.15) is 28.4 Å². The summed E-state index contributed by atoms with van der Waals surface area (Å²) in [5, 5.41) is 16.7. The zero-order chi connectivity index (χ0) is 26.0. The molecule has 10 heteroatoms. The van der Waals surface area contributed by atoms with Gasteiger partial charge in [-0.05, 0) is 36.1 Å². The summed E-state index contributed by atoms with van der Waals surface area (Å²) < 4.78 is 7.45. The van der Waals surface area contributed by atoms with Crippen LogP contribution in [0.2, 0.25) is 0 Å². The molecule has 1 amide bonds. The third kappa shape index (κ3) is 4.73. The monoisotopic (exact) mass is 517 g/mol. The number of aromatic nitrogens is 4. The highest BCUT2D eigenvalue weighted by atomic mass is 32.1. The van der Waals surface area contributed by atoms with Gasteiger partial charge in [0.15, 0.2) is 5.65 Å². The number of piperidine rings is 1. The number of ether oxygens (including phenoxy) is 1. The molecule has 1 aliphatic rings. The number of carbonyl (C=O) groups excluding carboxylic acids is 1. The lowest BCUT2D eigenvalue weighted by atomic mass is 9.84. The van der Waals surface area contributed by atoms with Crippen molar-refractivity contribution in [3.63, 3.8) is 0 Å². The Balaban J connectivity index is 1.52. The van der Waals surface area contributed by atoms with Crippen molar-refractivity contribution in [3.05, 3.63) is 99.7 Å². The number of benzene rings is 2. The van der Waals surface area contributed by atoms with E-state index in [1.54, 1.807) is 33.7 Å². The summed E-state index contributed by atoms with van der Waals surface area (Å²) in [6.07, 6.45) is 3.91. The molecule has 190 valence electrons. The number of amides is 1. The Morgan fingerprint density at radius 1 is 1.19 bits per heavy atom. The van der Waals surface area contributed by atoms with E-state index in [2.05, 4.69) is 21.8 Å². The van der Waals surface area contributed by atoms with Crippen molar-refractivity contribution in [2.45, 2.75) is 24.5 Å². The van der Waals surface area contributed by atoms with Crippen LogP contribution >= 0.6 is 12.2 Å². The first-order valence-electron chi connectivity index (χ1n) is 12.0. The molecule has 2 aromatic heterocycles. The van der Waals surface area contributed by atoms with E-state index in [-0.39, 0.29) is 15.9 Å². The standard InChI is InChI=1S/C27H27N5O4S/c1-2-15-36-20-10-6-7-18(16-20)22(32-17-28-23-21(26(32)37)24(33)30-29-23)25(34)31-13-11-27(35,12-14-31)19-8-4-3-5-9-19/h2-10,16-17,22,35H,1,11-15H2,(H2,29,30,33). The molecule has 9 nitrogen and oxygen atoms in total. The van der Waals surface area contributed by atoms with Crippen molar-refractivity contribution in [2.24, 2.45) is 0 Å². The molecule has 37 heavy (non-hydrogen) atoms. The van der Waals surface area contributed by atoms with E-state index in [9.17, 15) is 14.7 Å². The van der Waals surface area contributed by atoms with Gasteiger partial charge in [0.25, 0.3) is 5.56 Å². The summed E-state index contributed by atoms with van der Waals surface area (Å²) in [5.74, 6) is 0.368. The summed E-state index contributed by atoms with van der Waals surface area (Å²) in [4.78, 5) is 32.5. The molecule has 1 fully saturated rings. The van der Waals surface area contributed by atoms with Crippen LogP contribution < -0.4 is 10.3 Å². The van der Waals surface area contributed by atoms with Crippen LogP contribution in [0.5, 0.6) is 5.75 Å². The van der Waals surface area contributed by atoms with Crippen LogP contribution in [0.3, 0.4) is 0 Å². The number of fused-ring (bicyclic) bond motifs is 1. The van der Waals surface area contributed by atoms with Gasteiger partial charge in [-0.25, -0.2) is 4.98 Å². The van der Waals surface area contributed by atoms with Crippen molar-refractivity contribution in [3.8, 4) is 5.75 Å². The van der Waals surface area contributed by atoms with Crippen LogP contribution in [0.25, 0.3) is 11.0 Å². The first kappa shape index (κ1) is 24.7. The fourth-order valence-corrected chi connectivity index (χ4v) is 5.13. The number of hydrogen-bond donors (Lipinski definition) is 3.